The summed E-state index contributed by atoms with van der Waals surface area (Å²) in [6, 6.07) is 0.907. The van der Waals surface area contributed by atoms with E-state index in [-0.39, 0.29) is 0 Å². The minimum Gasteiger partial charge on any atom is -0.296 e. The van der Waals surface area contributed by atoms with Crippen molar-refractivity contribution >= 4 is 0 Å². The van der Waals surface area contributed by atoms with Crippen molar-refractivity contribution < 1.29 is 0 Å². The molecule has 70 valence electrons. The van der Waals surface area contributed by atoms with Crippen LogP contribution < -0.4 is 0 Å². The second kappa shape index (κ2) is 4.66. The smallest absolute Gasteiger partial charge is 0.0168 e. The van der Waals surface area contributed by atoms with E-state index in [2.05, 4.69) is 17.9 Å². The molecule has 0 amide bonds. The van der Waals surface area contributed by atoms with Crippen LogP contribution in [-0.4, -0.2) is 24.0 Å². The van der Waals surface area contributed by atoms with E-state index >= 15 is 0 Å². The lowest BCUT2D eigenvalue weighted by molar-refractivity contribution is 0.265. The summed E-state index contributed by atoms with van der Waals surface area (Å²) in [5.74, 6) is 0. The highest BCUT2D eigenvalue weighted by atomic mass is 15.2. The number of hydrogen-bond donors (Lipinski definition) is 0. The highest BCUT2D eigenvalue weighted by Gasteiger charge is 2.25. The Morgan fingerprint density at radius 2 is 2.17 bits per heavy atom. The van der Waals surface area contributed by atoms with Gasteiger partial charge in [-0.25, -0.2) is 0 Å². The van der Waals surface area contributed by atoms with E-state index in [1.807, 2.05) is 13.8 Å². The molecule has 0 bridgehead atoms. The molecular weight excluding hydrogens is 146 g/mol. The van der Waals surface area contributed by atoms with Gasteiger partial charge < -0.3 is 0 Å². The van der Waals surface area contributed by atoms with Gasteiger partial charge in [0.05, 0.1) is 0 Å². The molecule has 0 aliphatic carbocycles. The first-order valence-corrected chi connectivity index (χ1v) is 5.26. The lowest BCUT2D eigenvalue weighted by Gasteiger charge is -2.27. The van der Waals surface area contributed by atoms with Crippen LogP contribution >= 0.6 is 0 Å². The summed E-state index contributed by atoms with van der Waals surface area (Å²) < 4.78 is 0. The van der Waals surface area contributed by atoms with Gasteiger partial charge in [0, 0.05) is 12.6 Å². The van der Waals surface area contributed by atoms with Crippen molar-refractivity contribution in [3.8, 4) is 0 Å². The minimum absolute atomic E-state index is 0.907. The summed E-state index contributed by atoms with van der Waals surface area (Å²) in [5.41, 5.74) is 1.60. The molecule has 2 rings (SSSR count). The van der Waals surface area contributed by atoms with Crippen molar-refractivity contribution in [3.63, 3.8) is 0 Å². The number of rotatable bonds is 0. The van der Waals surface area contributed by atoms with Gasteiger partial charge in [0.15, 0.2) is 0 Å². The van der Waals surface area contributed by atoms with Gasteiger partial charge in [-0.2, -0.15) is 0 Å². The SMILES string of the molecule is CC.CC1=CCN2CCCC2C1. The molecule has 0 radical (unpaired) electrons. The predicted octanol–water partition coefficient (Wildman–Crippen LogP) is 2.83. The molecule has 1 nitrogen and oxygen atoms in total. The zero-order valence-corrected chi connectivity index (χ0v) is 8.64. The fourth-order valence-corrected chi connectivity index (χ4v) is 2.09. The molecule has 0 spiro atoms. The highest BCUT2D eigenvalue weighted by molar-refractivity contribution is 5.08. The van der Waals surface area contributed by atoms with E-state index in [0.29, 0.717) is 0 Å². The molecular formula is C11H21N. The molecule has 0 saturated carbocycles. The zero-order valence-electron chi connectivity index (χ0n) is 8.64. The summed E-state index contributed by atoms with van der Waals surface area (Å²) in [6.07, 6.45) is 6.57. The van der Waals surface area contributed by atoms with Gasteiger partial charge in [-0.3, -0.25) is 4.90 Å². The van der Waals surface area contributed by atoms with Crippen molar-refractivity contribution in [2.75, 3.05) is 13.1 Å². The molecule has 0 aromatic heterocycles. The van der Waals surface area contributed by atoms with Crippen LogP contribution in [0.1, 0.15) is 40.0 Å². The van der Waals surface area contributed by atoms with E-state index in [1.165, 1.54) is 32.4 Å². The van der Waals surface area contributed by atoms with Gasteiger partial charge in [-0.1, -0.05) is 25.5 Å². The van der Waals surface area contributed by atoms with Crippen LogP contribution in [0.5, 0.6) is 0 Å². The van der Waals surface area contributed by atoms with Gasteiger partial charge in [0.1, 0.15) is 0 Å². The predicted molar refractivity (Wildman–Crippen MR) is 54.3 cm³/mol. The molecule has 0 N–H and O–H groups in total. The van der Waals surface area contributed by atoms with Crippen molar-refractivity contribution in [1.29, 1.82) is 0 Å². The Hall–Kier alpha value is -0.300. The Bertz CT molecular complexity index is 160. The molecule has 1 heteroatoms. The molecule has 1 unspecified atom stereocenters. The van der Waals surface area contributed by atoms with Crippen molar-refractivity contribution in [2.45, 2.75) is 46.1 Å². The second-order valence-corrected chi connectivity index (χ2v) is 3.55. The molecule has 0 aromatic carbocycles. The number of hydrogen-bond acceptors (Lipinski definition) is 1. The van der Waals surface area contributed by atoms with E-state index in [0.717, 1.165) is 6.04 Å². The summed E-state index contributed by atoms with van der Waals surface area (Å²) in [4.78, 5) is 2.60. The maximum Gasteiger partial charge on any atom is 0.0168 e. The fraction of sp³-hybridized carbons (Fsp3) is 0.818. The Balaban J connectivity index is 0.000000336. The molecule has 2 aliphatic heterocycles. The molecule has 2 aliphatic rings. The minimum atomic E-state index is 0.907. The fourth-order valence-electron chi connectivity index (χ4n) is 2.09. The summed E-state index contributed by atoms with van der Waals surface area (Å²) in [7, 11) is 0. The van der Waals surface area contributed by atoms with Crippen LogP contribution in [0.25, 0.3) is 0 Å². The maximum absolute atomic E-state index is 2.60. The summed E-state index contributed by atoms with van der Waals surface area (Å²) in [6.45, 7) is 8.82. The summed E-state index contributed by atoms with van der Waals surface area (Å²) in [5, 5.41) is 0. The maximum atomic E-state index is 2.60. The van der Waals surface area contributed by atoms with Crippen LogP contribution in [-0.2, 0) is 0 Å². The molecule has 1 fully saturated rings. The third-order valence-corrected chi connectivity index (χ3v) is 2.73. The topological polar surface area (TPSA) is 3.24 Å². The van der Waals surface area contributed by atoms with E-state index < -0.39 is 0 Å². The Morgan fingerprint density at radius 3 is 2.92 bits per heavy atom. The van der Waals surface area contributed by atoms with Crippen molar-refractivity contribution in [2.24, 2.45) is 0 Å². The largest absolute Gasteiger partial charge is 0.296 e. The molecule has 1 atom stereocenters. The molecule has 1 saturated heterocycles. The van der Waals surface area contributed by atoms with Crippen molar-refractivity contribution in [1.82, 2.24) is 4.90 Å². The summed E-state index contributed by atoms with van der Waals surface area (Å²) >= 11 is 0. The van der Waals surface area contributed by atoms with Crippen LogP contribution in [0.2, 0.25) is 0 Å². The molecule has 2 heterocycles. The average Bonchev–Trinajstić information content (AvgIpc) is 2.54. The number of fused-ring (bicyclic) bond motifs is 1. The first-order valence-electron chi connectivity index (χ1n) is 5.26. The third-order valence-electron chi connectivity index (χ3n) is 2.73. The monoisotopic (exact) mass is 167 g/mol. The van der Waals surface area contributed by atoms with E-state index in [9.17, 15) is 0 Å². The normalized spacial score (nSPS) is 28.6. The standard InChI is InChI=1S/C9H15N.C2H6/c1-8-4-6-10-5-2-3-9(10)7-8;1-2/h4,9H,2-3,5-7H2,1H3;1-2H3. The van der Waals surface area contributed by atoms with Crippen LogP contribution in [0.4, 0.5) is 0 Å². The second-order valence-electron chi connectivity index (χ2n) is 3.55. The van der Waals surface area contributed by atoms with Gasteiger partial charge in [0.2, 0.25) is 0 Å². The quantitative estimate of drug-likeness (QED) is 0.501. The first kappa shape index (κ1) is 9.79. The Morgan fingerprint density at radius 1 is 1.42 bits per heavy atom. The van der Waals surface area contributed by atoms with Crippen LogP contribution in [0.15, 0.2) is 11.6 Å². The van der Waals surface area contributed by atoms with Crippen molar-refractivity contribution in [3.05, 3.63) is 11.6 Å². The Labute approximate surface area is 76.5 Å². The lowest BCUT2D eigenvalue weighted by Crippen LogP contribution is -2.32. The van der Waals surface area contributed by atoms with Crippen LogP contribution in [0.3, 0.4) is 0 Å². The number of nitrogens with zero attached hydrogens (tertiary/aromatic N) is 1. The van der Waals surface area contributed by atoms with Gasteiger partial charge in [-0.05, 0) is 32.7 Å². The van der Waals surface area contributed by atoms with Crippen LogP contribution in [0, 0.1) is 0 Å². The Kier molecular flexibility index (Phi) is 3.80. The molecule has 12 heavy (non-hydrogen) atoms. The van der Waals surface area contributed by atoms with E-state index in [1.54, 1.807) is 5.57 Å². The van der Waals surface area contributed by atoms with Gasteiger partial charge in [-0.15, -0.1) is 0 Å². The first-order chi connectivity index (χ1) is 5.86. The highest BCUT2D eigenvalue weighted by Crippen LogP contribution is 2.26. The van der Waals surface area contributed by atoms with Gasteiger partial charge >= 0.3 is 0 Å². The van der Waals surface area contributed by atoms with Gasteiger partial charge in [0.25, 0.3) is 0 Å². The average molecular weight is 167 g/mol. The molecule has 0 aromatic rings. The zero-order chi connectivity index (χ0) is 8.97. The van der Waals surface area contributed by atoms with E-state index in [4.69, 9.17) is 0 Å². The third kappa shape index (κ3) is 2.10. The lowest BCUT2D eigenvalue weighted by atomic mass is 10.0.